The molecule has 27 heavy (non-hydrogen) atoms. The Kier molecular flexibility index (Phi) is 4.47. The molecule has 1 aliphatic heterocycles. The molecule has 0 radical (unpaired) electrons. The standard InChI is InChI=1S/C22H21N3OS/c1-2-8-19-16(5-1)6-3-7-18(19)15-25-12-10-17(11-13-25)21-23-24-22(26-21)20-9-4-14-27-20/h1-9,14,17H,10-13,15H2. The number of likely N-dealkylation sites (tertiary alicyclic amines) is 1. The van der Waals surface area contributed by atoms with Gasteiger partial charge in [-0.3, -0.25) is 4.90 Å². The molecule has 0 bridgehead atoms. The topological polar surface area (TPSA) is 42.2 Å². The molecule has 0 saturated carbocycles. The molecule has 5 rings (SSSR count). The number of benzene rings is 2. The zero-order chi connectivity index (χ0) is 18.1. The second-order valence-corrected chi connectivity index (χ2v) is 8.06. The number of aromatic nitrogens is 2. The lowest BCUT2D eigenvalue weighted by molar-refractivity contribution is 0.194. The Morgan fingerprint density at radius 3 is 2.67 bits per heavy atom. The van der Waals surface area contributed by atoms with Gasteiger partial charge in [-0.1, -0.05) is 48.5 Å². The summed E-state index contributed by atoms with van der Waals surface area (Å²) >= 11 is 1.63. The minimum absolute atomic E-state index is 0.370. The van der Waals surface area contributed by atoms with Gasteiger partial charge in [0, 0.05) is 12.5 Å². The molecule has 2 aromatic heterocycles. The molecule has 0 amide bonds. The number of fused-ring (bicyclic) bond motifs is 1. The van der Waals surface area contributed by atoms with Gasteiger partial charge in [0.05, 0.1) is 4.88 Å². The number of nitrogens with zero attached hydrogens (tertiary/aromatic N) is 3. The molecular weight excluding hydrogens is 354 g/mol. The fourth-order valence-corrected chi connectivity index (χ4v) is 4.55. The van der Waals surface area contributed by atoms with Crippen LogP contribution in [0.3, 0.4) is 0 Å². The van der Waals surface area contributed by atoms with Gasteiger partial charge < -0.3 is 4.42 Å². The molecule has 0 N–H and O–H groups in total. The summed E-state index contributed by atoms with van der Waals surface area (Å²) in [6.07, 6.45) is 2.13. The van der Waals surface area contributed by atoms with Crippen LogP contribution in [0, 0.1) is 0 Å². The quantitative estimate of drug-likeness (QED) is 0.483. The Bertz CT molecular complexity index is 1030. The Labute approximate surface area is 162 Å². The molecule has 0 atom stereocenters. The van der Waals surface area contributed by atoms with Crippen LogP contribution < -0.4 is 0 Å². The van der Waals surface area contributed by atoms with Gasteiger partial charge in [0.2, 0.25) is 5.89 Å². The SMILES string of the molecule is c1csc(-c2nnc(C3CCN(Cc4cccc5ccccc45)CC3)o2)c1. The van der Waals surface area contributed by atoms with Crippen molar-refractivity contribution in [1.29, 1.82) is 0 Å². The van der Waals surface area contributed by atoms with E-state index in [2.05, 4.69) is 57.6 Å². The fourth-order valence-electron chi connectivity index (χ4n) is 3.91. The van der Waals surface area contributed by atoms with Crippen molar-refractivity contribution in [2.45, 2.75) is 25.3 Å². The van der Waals surface area contributed by atoms with E-state index in [1.165, 1.54) is 16.3 Å². The van der Waals surface area contributed by atoms with Crippen molar-refractivity contribution in [1.82, 2.24) is 15.1 Å². The molecule has 0 spiro atoms. The normalized spacial score (nSPS) is 16.1. The first-order chi connectivity index (χ1) is 13.4. The lowest BCUT2D eigenvalue weighted by atomic mass is 9.96. The van der Waals surface area contributed by atoms with Crippen LogP contribution in [-0.2, 0) is 6.54 Å². The van der Waals surface area contributed by atoms with E-state index in [0.717, 1.165) is 43.2 Å². The summed E-state index contributed by atoms with van der Waals surface area (Å²) in [6.45, 7) is 3.12. The Hall–Kier alpha value is -2.50. The molecule has 1 fully saturated rings. The maximum absolute atomic E-state index is 5.95. The molecule has 136 valence electrons. The second kappa shape index (κ2) is 7.25. The molecule has 0 unspecified atom stereocenters. The van der Waals surface area contributed by atoms with Crippen LogP contribution in [0.4, 0.5) is 0 Å². The van der Waals surface area contributed by atoms with Crippen molar-refractivity contribution in [3.05, 3.63) is 71.4 Å². The van der Waals surface area contributed by atoms with E-state index in [4.69, 9.17) is 4.42 Å². The summed E-state index contributed by atoms with van der Waals surface area (Å²) < 4.78 is 5.95. The lowest BCUT2D eigenvalue weighted by Crippen LogP contribution is -2.32. The molecule has 1 saturated heterocycles. The number of hydrogen-bond acceptors (Lipinski definition) is 5. The molecule has 3 heterocycles. The van der Waals surface area contributed by atoms with Gasteiger partial charge in [-0.05, 0) is 53.7 Å². The Morgan fingerprint density at radius 1 is 0.963 bits per heavy atom. The van der Waals surface area contributed by atoms with Crippen LogP contribution in [0.1, 0.15) is 30.2 Å². The third kappa shape index (κ3) is 3.40. The molecule has 0 aliphatic carbocycles. The summed E-state index contributed by atoms with van der Waals surface area (Å²) in [5, 5.41) is 13.3. The highest BCUT2D eigenvalue weighted by molar-refractivity contribution is 7.13. The molecule has 4 nitrogen and oxygen atoms in total. The lowest BCUT2D eigenvalue weighted by Gasteiger charge is -2.30. The molecule has 1 aliphatic rings. The average Bonchev–Trinajstić information content (AvgIpc) is 3.41. The smallest absolute Gasteiger partial charge is 0.257 e. The first-order valence-corrected chi connectivity index (χ1v) is 10.3. The van der Waals surface area contributed by atoms with Crippen molar-refractivity contribution in [3.63, 3.8) is 0 Å². The highest BCUT2D eigenvalue weighted by atomic mass is 32.1. The zero-order valence-electron chi connectivity index (χ0n) is 15.0. The number of rotatable bonds is 4. The Balaban J connectivity index is 1.25. The summed E-state index contributed by atoms with van der Waals surface area (Å²) in [6, 6.07) is 19.3. The first-order valence-electron chi connectivity index (χ1n) is 9.43. The summed E-state index contributed by atoms with van der Waals surface area (Å²) in [4.78, 5) is 3.58. The summed E-state index contributed by atoms with van der Waals surface area (Å²) in [7, 11) is 0. The monoisotopic (exact) mass is 375 g/mol. The average molecular weight is 375 g/mol. The third-order valence-electron chi connectivity index (χ3n) is 5.38. The van der Waals surface area contributed by atoms with Gasteiger partial charge in [-0.2, -0.15) is 0 Å². The van der Waals surface area contributed by atoms with Crippen LogP contribution in [-0.4, -0.2) is 28.2 Å². The molecule has 2 aromatic carbocycles. The van der Waals surface area contributed by atoms with Gasteiger partial charge in [0.1, 0.15) is 0 Å². The highest BCUT2D eigenvalue weighted by Crippen LogP contribution is 2.31. The van der Waals surface area contributed by atoms with Gasteiger partial charge in [-0.15, -0.1) is 21.5 Å². The minimum atomic E-state index is 0.370. The van der Waals surface area contributed by atoms with Crippen molar-refractivity contribution < 1.29 is 4.42 Å². The van der Waals surface area contributed by atoms with Crippen LogP contribution in [0.25, 0.3) is 21.5 Å². The largest absolute Gasteiger partial charge is 0.420 e. The maximum atomic E-state index is 5.95. The first kappa shape index (κ1) is 16.7. The van der Waals surface area contributed by atoms with E-state index < -0.39 is 0 Å². The highest BCUT2D eigenvalue weighted by Gasteiger charge is 2.25. The molecular formula is C22H21N3OS. The van der Waals surface area contributed by atoms with E-state index in [0.29, 0.717) is 11.8 Å². The summed E-state index contributed by atoms with van der Waals surface area (Å²) in [5.74, 6) is 1.82. The second-order valence-electron chi connectivity index (χ2n) is 7.11. The zero-order valence-corrected chi connectivity index (χ0v) is 15.9. The van der Waals surface area contributed by atoms with Gasteiger partial charge in [0.25, 0.3) is 5.89 Å². The van der Waals surface area contributed by atoms with Gasteiger partial charge in [0.15, 0.2) is 0 Å². The van der Waals surface area contributed by atoms with Crippen LogP contribution in [0.2, 0.25) is 0 Å². The van der Waals surface area contributed by atoms with E-state index in [9.17, 15) is 0 Å². The summed E-state index contributed by atoms with van der Waals surface area (Å²) in [5.41, 5.74) is 1.41. The number of hydrogen-bond donors (Lipinski definition) is 0. The Morgan fingerprint density at radius 2 is 1.81 bits per heavy atom. The predicted molar refractivity (Wildman–Crippen MR) is 109 cm³/mol. The van der Waals surface area contributed by atoms with E-state index in [-0.39, 0.29) is 0 Å². The fraction of sp³-hybridized carbons (Fsp3) is 0.273. The van der Waals surface area contributed by atoms with Gasteiger partial charge >= 0.3 is 0 Å². The van der Waals surface area contributed by atoms with Crippen molar-refractivity contribution in [2.75, 3.05) is 13.1 Å². The van der Waals surface area contributed by atoms with E-state index in [1.807, 2.05) is 17.5 Å². The third-order valence-corrected chi connectivity index (χ3v) is 6.24. The van der Waals surface area contributed by atoms with Crippen LogP contribution in [0.15, 0.2) is 64.4 Å². The van der Waals surface area contributed by atoms with Crippen LogP contribution in [0.5, 0.6) is 0 Å². The van der Waals surface area contributed by atoms with Crippen molar-refractivity contribution in [3.8, 4) is 10.8 Å². The number of thiophene rings is 1. The van der Waals surface area contributed by atoms with Crippen molar-refractivity contribution >= 4 is 22.1 Å². The van der Waals surface area contributed by atoms with E-state index >= 15 is 0 Å². The van der Waals surface area contributed by atoms with Gasteiger partial charge in [-0.25, -0.2) is 0 Å². The number of piperidine rings is 1. The molecule has 4 aromatic rings. The maximum Gasteiger partial charge on any atom is 0.257 e. The minimum Gasteiger partial charge on any atom is -0.420 e. The van der Waals surface area contributed by atoms with Crippen molar-refractivity contribution in [2.24, 2.45) is 0 Å². The van der Waals surface area contributed by atoms with E-state index in [1.54, 1.807) is 11.3 Å². The molecule has 5 heteroatoms. The predicted octanol–water partition coefficient (Wildman–Crippen LogP) is 5.33. The van der Waals surface area contributed by atoms with Crippen LogP contribution >= 0.6 is 11.3 Å².